The van der Waals surface area contributed by atoms with Gasteiger partial charge in [-0.05, 0) is 25.1 Å². The minimum absolute atomic E-state index is 0.315. The van der Waals surface area contributed by atoms with E-state index in [1.165, 1.54) is 6.20 Å². The van der Waals surface area contributed by atoms with Crippen LogP contribution in [0, 0.1) is 18.3 Å². The lowest BCUT2D eigenvalue weighted by Gasteiger charge is -2.07. The van der Waals surface area contributed by atoms with Crippen molar-refractivity contribution in [1.82, 2.24) is 9.97 Å². The smallest absolute Gasteiger partial charge is 0.150 e. The molecule has 4 nitrogen and oxygen atoms in total. The van der Waals surface area contributed by atoms with Crippen molar-refractivity contribution in [2.45, 2.75) is 6.92 Å². The summed E-state index contributed by atoms with van der Waals surface area (Å²) < 4.78 is 0. The number of pyridine rings is 2. The lowest BCUT2D eigenvalue weighted by Crippen LogP contribution is -1.96. The van der Waals surface area contributed by atoms with Gasteiger partial charge in [0, 0.05) is 11.9 Å². The summed E-state index contributed by atoms with van der Waals surface area (Å²) in [5.41, 5.74) is 2.10. The van der Waals surface area contributed by atoms with E-state index in [0.717, 1.165) is 11.4 Å². The van der Waals surface area contributed by atoms with Crippen molar-refractivity contribution in [3.05, 3.63) is 46.9 Å². The van der Waals surface area contributed by atoms with Gasteiger partial charge in [0.05, 0.1) is 17.4 Å². The lowest BCUT2D eigenvalue weighted by molar-refractivity contribution is 1.19. The van der Waals surface area contributed by atoms with Gasteiger partial charge < -0.3 is 5.32 Å². The predicted octanol–water partition coefficient (Wildman–Crippen LogP) is 3.05. The Kier molecular flexibility index (Phi) is 3.22. The van der Waals surface area contributed by atoms with Crippen LogP contribution in [-0.4, -0.2) is 9.97 Å². The van der Waals surface area contributed by atoms with E-state index in [-0.39, 0.29) is 0 Å². The highest BCUT2D eigenvalue weighted by Crippen LogP contribution is 2.25. The first-order chi connectivity index (χ1) is 8.20. The summed E-state index contributed by atoms with van der Waals surface area (Å²) in [6, 6.07) is 7.33. The molecule has 2 aromatic rings. The first kappa shape index (κ1) is 11.4. The molecule has 0 aliphatic rings. The molecule has 2 aromatic heterocycles. The second kappa shape index (κ2) is 4.81. The maximum absolute atomic E-state index is 8.84. The number of nitrogens with zero attached hydrogens (tertiary/aromatic N) is 3. The van der Waals surface area contributed by atoms with E-state index in [1.54, 1.807) is 12.3 Å². The van der Waals surface area contributed by atoms with Gasteiger partial charge in [-0.15, -0.1) is 0 Å². The summed E-state index contributed by atoms with van der Waals surface area (Å²) in [6.45, 7) is 1.91. The molecule has 0 spiro atoms. The number of hydrogen-bond donors (Lipinski definition) is 1. The number of rotatable bonds is 2. The number of anilines is 2. The molecule has 0 radical (unpaired) electrons. The highest BCUT2D eigenvalue weighted by atomic mass is 35.5. The number of aromatic nitrogens is 2. The summed E-state index contributed by atoms with van der Waals surface area (Å²) >= 11 is 6.02. The van der Waals surface area contributed by atoms with Crippen molar-refractivity contribution in [2.24, 2.45) is 0 Å². The lowest BCUT2D eigenvalue weighted by atomic mass is 10.3. The highest BCUT2D eigenvalue weighted by Gasteiger charge is 2.07. The number of halogens is 1. The zero-order valence-corrected chi connectivity index (χ0v) is 9.86. The van der Waals surface area contributed by atoms with Crippen LogP contribution in [-0.2, 0) is 0 Å². The van der Waals surface area contributed by atoms with Crippen molar-refractivity contribution < 1.29 is 0 Å². The van der Waals surface area contributed by atoms with Gasteiger partial charge in [-0.2, -0.15) is 5.26 Å². The first-order valence-electron chi connectivity index (χ1n) is 4.95. The Labute approximate surface area is 104 Å². The Hall–Kier alpha value is -2.12. The van der Waals surface area contributed by atoms with Crippen LogP contribution in [0.2, 0.25) is 5.02 Å². The Balaban J connectivity index is 2.31. The third-order valence-corrected chi connectivity index (χ3v) is 2.57. The van der Waals surface area contributed by atoms with E-state index < -0.39 is 0 Å². The van der Waals surface area contributed by atoms with Crippen molar-refractivity contribution in [3.63, 3.8) is 0 Å². The fourth-order valence-electron chi connectivity index (χ4n) is 1.30. The minimum Gasteiger partial charge on any atom is -0.338 e. The third kappa shape index (κ3) is 2.52. The van der Waals surface area contributed by atoms with Gasteiger partial charge >= 0.3 is 0 Å². The number of nitrogens with one attached hydrogen (secondary N) is 1. The molecule has 0 saturated carbocycles. The molecule has 0 aliphatic carbocycles. The summed E-state index contributed by atoms with van der Waals surface area (Å²) in [5.74, 6) is 0.455. The van der Waals surface area contributed by atoms with E-state index >= 15 is 0 Å². The largest absolute Gasteiger partial charge is 0.338 e. The average Bonchev–Trinajstić information content (AvgIpc) is 2.35. The maximum atomic E-state index is 8.84. The molecular weight excluding hydrogens is 236 g/mol. The fourth-order valence-corrected chi connectivity index (χ4v) is 1.50. The van der Waals surface area contributed by atoms with Gasteiger partial charge in [0.1, 0.15) is 11.1 Å². The molecule has 0 fully saturated rings. The highest BCUT2D eigenvalue weighted by molar-refractivity contribution is 6.34. The van der Waals surface area contributed by atoms with Gasteiger partial charge in [-0.1, -0.05) is 11.6 Å². The molecule has 0 amide bonds. The summed E-state index contributed by atoms with van der Waals surface area (Å²) in [5, 5.41) is 12.2. The van der Waals surface area contributed by atoms with Gasteiger partial charge in [-0.25, -0.2) is 4.98 Å². The summed E-state index contributed by atoms with van der Waals surface area (Å²) in [7, 11) is 0. The molecule has 2 heterocycles. The van der Waals surface area contributed by atoms with Crippen LogP contribution in [0.3, 0.4) is 0 Å². The normalized spacial score (nSPS) is 9.71. The van der Waals surface area contributed by atoms with Gasteiger partial charge in [0.15, 0.2) is 5.82 Å². The fraction of sp³-hybridized carbons (Fsp3) is 0.0833. The molecule has 17 heavy (non-hydrogen) atoms. The van der Waals surface area contributed by atoms with Crippen LogP contribution >= 0.6 is 11.6 Å². The Morgan fingerprint density at radius 1 is 1.29 bits per heavy atom. The second-order valence-electron chi connectivity index (χ2n) is 3.45. The van der Waals surface area contributed by atoms with Gasteiger partial charge in [0.2, 0.25) is 0 Å². The van der Waals surface area contributed by atoms with E-state index in [0.29, 0.717) is 16.4 Å². The molecule has 0 unspecified atom stereocenters. The van der Waals surface area contributed by atoms with Crippen molar-refractivity contribution >= 4 is 23.1 Å². The summed E-state index contributed by atoms with van der Waals surface area (Å²) in [6.07, 6.45) is 3.22. The zero-order valence-electron chi connectivity index (χ0n) is 9.11. The molecule has 0 saturated heterocycles. The van der Waals surface area contributed by atoms with Crippen LogP contribution in [0.15, 0.2) is 30.6 Å². The molecule has 84 valence electrons. The SMILES string of the molecule is Cc1ccc(Nc2nccc(C#N)c2Cl)cn1. The topological polar surface area (TPSA) is 61.6 Å². The molecule has 1 N–H and O–H groups in total. The quantitative estimate of drug-likeness (QED) is 0.882. The second-order valence-corrected chi connectivity index (χ2v) is 3.82. The number of hydrogen-bond acceptors (Lipinski definition) is 4. The van der Waals surface area contributed by atoms with Gasteiger partial charge in [0.25, 0.3) is 0 Å². The van der Waals surface area contributed by atoms with Crippen LogP contribution < -0.4 is 5.32 Å². The molecule has 0 bridgehead atoms. The number of nitriles is 1. The van der Waals surface area contributed by atoms with E-state index in [1.807, 2.05) is 25.1 Å². The predicted molar refractivity (Wildman–Crippen MR) is 66.2 cm³/mol. The first-order valence-corrected chi connectivity index (χ1v) is 5.33. The van der Waals surface area contributed by atoms with Crippen LogP contribution in [0.5, 0.6) is 0 Å². The van der Waals surface area contributed by atoms with Crippen LogP contribution in [0.25, 0.3) is 0 Å². The van der Waals surface area contributed by atoms with Gasteiger partial charge in [-0.3, -0.25) is 4.98 Å². The molecule has 5 heteroatoms. The molecular formula is C12H9ClN4. The molecule has 0 aromatic carbocycles. The Bertz CT molecular complexity index is 572. The van der Waals surface area contributed by atoms with E-state index in [9.17, 15) is 0 Å². The molecule has 2 rings (SSSR count). The van der Waals surface area contributed by atoms with Crippen molar-refractivity contribution in [2.75, 3.05) is 5.32 Å². The van der Waals surface area contributed by atoms with Crippen molar-refractivity contribution in [3.8, 4) is 6.07 Å². The molecule has 0 atom stereocenters. The van der Waals surface area contributed by atoms with E-state index in [4.69, 9.17) is 16.9 Å². The third-order valence-electron chi connectivity index (χ3n) is 2.18. The van der Waals surface area contributed by atoms with Crippen molar-refractivity contribution in [1.29, 1.82) is 5.26 Å². The molecule has 0 aliphatic heterocycles. The standard InChI is InChI=1S/C12H9ClN4/c1-8-2-3-10(7-16-8)17-12-11(13)9(6-14)4-5-15-12/h2-5,7H,1H3,(H,15,17). The number of aryl methyl sites for hydroxylation is 1. The zero-order chi connectivity index (χ0) is 12.3. The average molecular weight is 245 g/mol. The monoisotopic (exact) mass is 244 g/mol. The maximum Gasteiger partial charge on any atom is 0.150 e. The minimum atomic E-state index is 0.315. The van der Waals surface area contributed by atoms with E-state index in [2.05, 4.69) is 15.3 Å². The Morgan fingerprint density at radius 2 is 2.12 bits per heavy atom. The van der Waals surface area contributed by atoms with Crippen LogP contribution in [0.1, 0.15) is 11.3 Å². The van der Waals surface area contributed by atoms with Crippen LogP contribution in [0.4, 0.5) is 11.5 Å². The Morgan fingerprint density at radius 3 is 2.76 bits per heavy atom. The summed E-state index contributed by atoms with van der Waals surface area (Å²) in [4.78, 5) is 8.23.